The van der Waals surface area contributed by atoms with Crippen molar-refractivity contribution in [1.29, 1.82) is 0 Å². The molecule has 0 saturated carbocycles. The summed E-state index contributed by atoms with van der Waals surface area (Å²) < 4.78 is 0. The number of halogens is 1. The summed E-state index contributed by atoms with van der Waals surface area (Å²) in [4.78, 5) is 0. The standard InChI is InChI=1S/C13H20ClN/c1-3-11(2)15-13-8-4-6-12(10-13)7-5-9-14/h4,6,8,10-11,15H,3,5,7,9H2,1-2H3. The van der Waals surface area contributed by atoms with Crippen molar-refractivity contribution in [1.82, 2.24) is 0 Å². The summed E-state index contributed by atoms with van der Waals surface area (Å²) in [7, 11) is 0. The number of alkyl halides is 1. The summed E-state index contributed by atoms with van der Waals surface area (Å²) in [5.74, 6) is 0.739. The third-order valence-electron chi connectivity index (χ3n) is 2.55. The molecule has 0 aromatic heterocycles. The number of aryl methyl sites for hydroxylation is 1. The van der Waals surface area contributed by atoms with Gasteiger partial charge < -0.3 is 5.32 Å². The van der Waals surface area contributed by atoms with Crippen molar-refractivity contribution in [2.45, 2.75) is 39.2 Å². The molecule has 2 heteroatoms. The minimum Gasteiger partial charge on any atom is -0.383 e. The molecule has 0 radical (unpaired) electrons. The zero-order chi connectivity index (χ0) is 11.1. The van der Waals surface area contributed by atoms with Gasteiger partial charge in [0.05, 0.1) is 0 Å². The van der Waals surface area contributed by atoms with E-state index < -0.39 is 0 Å². The fraction of sp³-hybridized carbons (Fsp3) is 0.538. The van der Waals surface area contributed by atoms with E-state index in [1.54, 1.807) is 0 Å². The van der Waals surface area contributed by atoms with Crippen LogP contribution in [0.4, 0.5) is 5.69 Å². The van der Waals surface area contributed by atoms with E-state index in [0.717, 1.165) is 25.1 Å². The quantitative estimate of drug-likeness (QED) is 0.720. The number of hydrogen-bond donors (Lipinski definition) is 1. The van der Waals surface area contributed by atoms with Crippen LogP contribution in [0.3, 0.4) is 0 Å². The van der Waals surface area contributed by atoms with Gasteiger partial charge in [0, 0.05) is 17.6 Å². The fourth-order valence-corrected chi connectivity index (χ4v) is 1.61. The van der Waals surface area contributed by atoms with Gasteiger partial charge in [0.15, 0.2) is 0 Å². The first-order valence-electron chi connectivity index (χ1n) is 5.67. The summed E-state index contributed by atoms with van der Waals surface area (Å²) in [5, 5.41) is 3.48. The Morgan fingerprint density at radius 2 is 2.20 bits per heavy atom. The van der Waals surface area contributed by atoms with Gasteiger partial charge in [-0.1, -0.05) is 19.1 Å². The first-order valence-corrected chi connectivity index (χ1v) is 6.21. The highest BCUT2D eigenvalue weighted by Gasteiger charge is 1.99. The molecule has 0 fully saturated rings. The highest BCUT2D eigenvalue weighted by Crippen LogP contribution is 2.14. The first kappa shape index (κ1) is 12.4. The van der Waals surface area contributed by atoms with E-state index in [1.165, 1.54) is 11.3 Å². The van der Waals surface area contributed by atoms with Crippen LogP contribution >= 0.6 is 11.6 Å². The Hall–Kier alpha value is -0.690. The highest BCUT2D eigenvalue weighted by molar-refractivity contribution is 6.17. The fourth-order valence-electron chi connectivity index (χ4n) is 1.47. The smallest absolute Gasteiger partial charge is 0.0344 e. The van der Waals surface area contributed by atoms with Crippen LogP contribution in [0.15, 0.2) is 24.3 Å². The molecular weight excluding hydrogens is 206 g/mol. The van der Waals surface area contributed by atoms with E-state index in [-0.39, 0.29) is 0 Å². The Bertz CT molecular complexity index is 286. The van der Waals surface area contributed by atoms with E-state index in [4.69, 9.17) is 11.6 Å². The maximum Gasteiger partial charge on any atom is 0.0344 e. The molecule has 1 aromatic carbocycles. The molecule has 0 aliphatic rings. The topological polar surface area (TPSA) is 12.0 Å². The Morgan fingerprint density at radius 1 is 1.40 bits per heavy atom. The number of nitrogens with one attached hydrogen (secondary N) is 1. The number of anilines is 1. The lowest BCUT2D eigenvalue weighted by atomic mass is 10.1. The third-order valence-corrected chi connectivity index (χ3v) is 2.82. The Labute approximate surface area is 97.8 Å². The molecule has 1 atom stereocenters. The van der Waals surface area contributed by atoms with Crippen LogP contribution in [0.1, 0.15) is 32.3 Å². The summed E-state index contributed by atoms with van der Waals surface area (Å²) in [6.07, 6.45) is 3.26. The monoisotopic (exact) mass is 225 g/mol. The molecule has 15 heavy (non-hydrogen) atoms. The summed E-state index contributed by atoms with van der Waals surface area (Å²) >= 11 is 5.68. The molecule has 0 heterocycles. The summed E-state index contributed by atoms with van der Waals surface area (Å²) in [6, 6.07) is 9.14. The number of rotatable bonds is 6. The Balaban J connectivity index is 2.57. The lowest BCUT2D eigenvalue weighted by Crippen LogP contribution is -2.13. The van der Waals surface area contributed by atoms with Crippen LogP contribution in [-0.4, -0.2) is 11.9 Å². The second kappa shape index (κ2) is 6.73. The van der Waals surface area contributed by atoms with Gasteiger partial charge in [0.2, 0.25) is 0 Å². The van der Waals surface area contributed by atoms with Crippen molar-refractivity contribution in [3.8, 4) is 0 Å². The van der Waals surface area contributed by atoms with E-state index in [9.17, 15) is 0 Å². The lowest BCUT2D eigenvalue weighted by molar-refractivity contribution is 0.763. The van der Waals surface area contributed by atoms with Gasteiger partial charge in [0.25, 0.3) is 0 Å². The lowest BCUT2D eigenvalue weighted by Gasteiger charge is -2.13. The van der Waals surface area contributed by atoms with Crippen LogP contribution in [0.2, 0.25) is 0 Å². The van der Waals surface area contributed by atoms with Gasteiger partial charge in [-0.05, 0) is 43.9 Å². The number of hydrogen-bond acceptors (Lipinski definition) is 1. The molecule has 1 rings (SSSR count). The molecule has 1 aromatic rings. The third kappa shape index (κ3) is 4.57. The molecule has 1 N–H and O–H groups in total. The SMILES string of the molecule is CCC(C)Nc1cccc(CCCCl)c1. The maximum atomic E-state index is 5.68. The molecule has 0 amide bonds. The molecular formula is C13H20ClN. The van der Waals surface area contributed by atoms with Crippen LogP contribution in [0.5, 0.6) is 0 Å². The van der Waals surface area contributed by atoms with Gasteiger partial charge in [0.1, 0.15) is 0 Å². The van der Waals surface area contributed by atoms with Crippen molar-refractivity contribution in [3.63, 3.8) is 0 Å². The molecule has 1 nitrogen and oxygen atoms in total. The van der Waals surface area contributed by atoms with E-state index in [2.05, 4.69) is 43.4 Å². The normalized spacial score (nSPS) is 12.5. The zero-order valence-electron chi connectivity index (χ0n) is 9.59. The van der Waals surface area contributed by atoms with E-state index in [0.29, 0.717) is 6.04 Å². The molecule has 0 aliphatic carbocycles. The molecule has 1 unspecified atom stereocenters. The van der Waals surface area contributed by atoms with Crippen molar-refractivity contribution >= 4 is 17.3 Å². The molecule has 0 aliphatic heterocycles. The van der Waals surface area contributed by atoms with Crippen molar-refractivity contribution < 1.29 is 0 Å². The average Bonchev–Trinajstić information content (AvgIpc) is 2.26. The summed E-state index contributed by atoms with van der Waals surface area (Å²) in [6.45, 7) is 4.39. The van der Waals surface area contributed by atoms with Gasteiger partial charge in [-0.15, -0.1) is 11.6 Å². The van der Waals surface area contributed by atoms with E-state index in [1.807, 2.05) is 0 Å². The second-order valence-corrected chi connectivity index (χ2v) is 4.32. The largest absolute Gasteiger partial charge is 0.383 e. The van der Waals surface area contributed by atoms with Crippen LogP contribution < -0.4 is 5.32 Å². The van der Waals surface area contributed by atoms with Gasteiger partial charge in [-0.3, -0.25) is 0 Å². The number of benzene rings is 1. The molecule has 0 saturated heterocycles. The Kier molecular flexibility index (Phi) is 5.56. The maximum absolute atomic E-state index is 5.68. The van der Waals surface area contributed by atoms with E-state index >= 15 is 0 Å². The Morgan fingerprint density at radius 3 is 2.87 bits per heavy atom. The van der Waals surface area contributed by atoms with Crippen LogP contribution in [0.25, 0.3) is 0 Å². The van der Waals surface area contributed by atoms with Crippen molar-refractivity contribution in [2.75, 3.05) is 11.2 Å². The summed E-state index contributed by atoms with van der Waals surface area (Å²) in [5.41, 5.74) is 2.58. The molecule has 0 spiro atoms. The molecule has 84 valence electrons. The zero-order valence-corrected chi connectivity index (χ0v) is 10.3. The average molecular weight is 226 g/mol. The predicted molar refractivity (Wildman–Crippen MR) is 68.9 cm³/mol. The van der Waals surface area contributed by atoms with Crippen LogP contribution in [-0.2, 0) is 6.42 Å². The minimum atomic E-state index is 0.535. The van der Waals surface area contributed by atoms with Gasteiger partial charge >= 0.3 is 0 Å². The molecule has 0 bridgehead atoms. The second-order valence-electron chi connectivity index (χ2n) is 3.95. The van der Waals surface area contributed by atoms with Crippen molar-refractivity contribution in [3.05, 3.63) is 29.8 Å². The highest BCUT2D eigenvalue weighted by atomic mass is 35.5. The first-order chi connectivity index (χ1) is 7.26. The predicted octanol–water partition coefficient (Wildman–Crippen LogP) is 4.07. The van der Waals surface area contributed by atoms with Crippen molar-refractivity contribution in [2.24, 2.45) is 0 Å². The van der Waals surface area contributed by atoms with Gasteiger partial charge in [-0.2, -0.15) is 0 Å². The minimum absolute atomic E-state index is 0.535. The van der Waals surface area contributed by atoms with Crippen LogP contribution in [0, 0.1) is 0 Å². The van der Waals surface area contributed by atoms with Gasteiger partial charge in [-0.25, -0.2) is 0 Å².